The summed E-state index contributed by atoms with van der Waals surface area (Å²) < 4.78 is 0. The smallest absolute Gasteiger partial charge is 0.000419 e. The largest absolute Gasteiger partial charge is 0.306 e. The molecular weight excluding hydrogens is 294 g/mol. The molecule has 0 N–H and O–H groups in total. The van der Waals surface area contributed by atoms with Gasteiger partial charge in [0.15, 0.2) is 0 Å². The van der Waals surface area contributed by atoms with E-state index in [4.69, 9.17) is 0 Å². The quantitative estimate of drug-likeness (QED) is 0.659. The van der Waals surface area contributed by atoms with Crippen LogP contribution in [0.25, 0.3) is 0 Å². The summed E-state index contributed by atoms with van der Waals surface area (Å²) >= 11 is 0. The van der Waals surface area contributed by atoms with E-state index in [1.807, 2.05) is 0 Å². The molecule has 3 fully saturated rings. The first-order chi connectivity index (χ1) is 11.4. The highest BCUT2D eigenvalue weighted by Crippen LogP contribution is 2.19. The zero-order chi connectivity index (χ0) is 17.9. The fourth-order valence-electron chi connectivity index (χ4n) is 4.16. The minimum absolute atomic E-state index is 0.916. The second kappa shape index (κ2) is 12.3. The highest BCUT2D eigenvalue weighted by molar-refractivity contribution is 4.71. The molecule has 0 saturated carbocycles. The van der Waals surface area contributed by atoms with Gasteiger partial charge in [0.05, 0.1) is 0 Å². The summed E-state index contributed by atoms with van der Waals surface area (Å²) in [5.74, 6) is 2.81. The molecule has 2 unspecified atom stereocenters. The number of hydrogen-bond acceptors (Lipinski definition) is 3. The Morgan fingerprint density at radius 1 is 0.542 bits per heavy atom. The van der Waals surface area contributed by atoms with Crippen molar-refractivity contribution in [1.82, 2.24) is 14.7 Å². The maximum absolute atomic E-state index is 2.43. The van der Waals surface area contributed by atoms with Crippen molar-refractivity contribution in [3.05, 3.63) is 0 Å². The Hall–Kier alpha value is -0.120. The molecule has 3 saturated heterocycles. The van der Waals surface area contributed by atoms with Crippen molar-refractivity contribution in [1.29, 1.82) is 0 Å². The summed E-state index contributed by atoms with van der Waals surface area (Å²) in [5, 5.41) is 0. The van der Waals surface area contributed by atoms with Gasteiger partial charge in [-0.2, -0.15) is 0 Å². The molecule has 0 amide bonds. The van der Waals surface area contributed by atoms with Gasteiger partial charge in [0.25, 0.3) is 0 Å². The van der Waals surface area contributed by atoms with Crippen LogP contribution in [-0.4, -0.2) is 75.1 Å². The molecule has 3 rings (SSSR count). The SMILES string of the molecule is CC1CC(C)CN(C)C1.CC1CCN(C)CC1.CN1CCCCC1. The average molecular weight is 340 g/mol. The number of hydrogen-bond donors (Lipinski definition) is 0. The van der Waals surface area contributed by atoms with Crippen LogP contribution in [0.3, 0.4) is 0 Å². The molecule has 2 atom stereocenters. The Bertz CT molecular complexity index is 258. The molecule has 3 nitrogen and oxygen atoms in total. The molecule has 3 heteroatoms. The van der Waals surface area contributed by atoms with Gasteiger partial charge in [0.2, 0.25) is 0 Å². The van der Waals surface area contributed by atoms with Crippen LogP contribution in [0.15, 0.2) is 0 Å². The first-order valence-corrected chi connectivity index (χ1v) is 10.4. The summed E-state index contributed by atoms with van der Waals surface area (Å²) in [7, 11) is 6.61. The Morgan fingerprint density at radius 3 is 1.33 bits per heavy atom. The fraction of sp³-hybridized carbons (Fsp3) is 1.00. The van der Waals surface area contributed by atoms with Gasteiger partial charge in [-0.05, 0) is 97.2 Å². The second-order valence-corrected chi connectivity index (χ2v) is 9.02. The molecule has 3 heterocycles. The van der Waals surface area contributed by atoms with Gasteiger partial charge in [-0.3, -0.25) is 0 Å². The maximum Gasteiger partial charge on any atom is 0.000419 e. The molecule has 0 bridgehead atoms. The van der Waals surface area contributed by atoms with Gasteiger partial charge >= 0.3 is 0 Å². The standard InChI is InChI=1S/C8H17N.C7H15N.C6H13N/c1-7-4-8(2)6-9(3)5-7;1-7-3-5-8(2)6-4-7;1-7-5-3-2-4-6-7/h7-8H,4-6H2,1-3H3;7H,3-6H2,1-2H3;2-6H2,1H3. The topological polar surface area (TPSA) is 9.72 Å². The van der Waals surface area contributed by atoms with Crippen molar-refractivity contribution in [2.24, 2.45) is 17.8 Å². The van der Waals surface area contributed by atoms with Crippen molar-refractivity contribution < 1.29 is 0 Å². The average Bonchev–Trinajstić information content (AvgIpc) is 2.51. The molecule has 3 aliphatic heterocycles. The lowest BCUT2D eigenvalue weighted by atomic mass is 9.92. The Labute approximate surface area is 152 Å². The van der Waals surface area contributed by atoms with Crippen LogP contribution in [-0.2, 0) is 0 Å². The van der Waals surface area contributed by atoms with Crippen LogP contribution >= 0.6 is 0 Å². The maximum atomic E-state index is 2.43. The van der Waals surface area contributed by atoms with E-state index >= 15 is 0 Å². The van der Waals surface area contributed by atoms with Gasteiger partial charge in [-0.25, -0.2) is 0 Å². The van der Waals surface area contributed by atoms with Crippen molar-refractivity contribution in [3.8, 4) is 0 Å². The number of piperidine rings is 3. The van der Waals surface area contributed by atoms with Gasteiger partial charge in [0, 0.05) is 13.1 Å². The van der Waals surface area contributed by atoms with E-state index < -0.39 is 0 Å². The van der Waals surface area contributed by atoms with Crippen LogP contribution in [0, 0.1) is 17.8 Å². The molecule has 0 radical (unpaired) electrons. The third kappa shape index (κ3) is 10.7. The van der Waals surface area contributed by atoms with Crippen molar-refractivity contribution in [3.63, 3.8) is 0 Å². The van der Waals surface area contributed by atoms with E-state index in [1.165, 1.54) is 77.8 Å². The summed E-state index contributed by atoms with van der Waals surface area (Å²) in [6.07, 6.45) is 8.49. The molecule has 0 aromatic carbocycles. The lowest BCUT2D eigenvalue weighted by Crippen LogP contribution is -2.35. The van der Waals surface area contributed by atoms with E-state index in [-0.39, 0.29) is 0 Å². The lowest BCUT2D eigenvalue weighted by Gasteiger charge is -2.31. The van der Waals surface area contributed by atoms with Crippen molar-refractivity contribution in [2.45, 2.75) is 59.3 Å². The predicted octanol–water partition coefficient (Wildman–Crippen LogP) is 4.04. The molecular formula is C21H45N3. The minimum Gasteiger partial charge on any atom is -0.306 e. The second-order valence-electron chi connectivity index (χ2n) is 9.02. The zero-order valence-corrected chi connectivity index (χ0v) is 17.6. The van der Waals surface area contributed by atoms with E-state index in [2.05, 4.69) is 56.6 Å². The van der Waals surface area contributed by atoms with E-state index in [9.17, 15) is 0 Å². The summed E-state index contributed by atoms with van der Waals surface area (Å²) in [6, 6.07) is 0. The lowest BCUT2D eigenvalue weighted by molar-refractivity contribution is 0.171. The third-order valence-electron chi connectivity index (χ3n) is 5.64. The predicted molar refractivity (Wildman–Crippen MR) is 108 cm³/mol. The van der Waals surface area contributed by atoms with Crippen molar-refractivity contribution >= 4 is 0 Å². The van der Waals surface area contributed by atoms with Crippen LogP contribution in [0.2, 0.25) is 0 Å². The number of nitrogens with zero attached hydrogens (tertiary/aromatic N) is 3. The van der Waals surface area contributed by atoms with E-state index in [0.29, 0.717) is 0 Å². The number of likely N-dealkylation sites (tertiary alicyclic amines) is 3. The fourth-order valence-corrected chi connectivity index (χ4v) is 4.16. The first-order valence-electron chi connectivity index (χ1n) is 10.4. The minimum atomic E-state index is 0.916. The van der Waals surface area contributed by atoms with Gasteiger partial charge in [0.1, 0.15) is 0 Å². The van der Waals surface area contributed by atoms with Gasteiger partial charge in [-0.1, -0.05) is 27.2 Å². The van der Waals surface area contributed by atoms with Crippen LogP contribution in [0.5, 0.6) is 0 Å². The molecule has 0 spiro atoms. The molecule has 24 heavy (non-hydrogen) atoms. The molecule has 0 aliphatic carbocycles. The Morgan fingerprint density at radius 2 is 1.00 bits per heavy atom. The Balaban J connectivity index is 0.000000181. The highest BCUT2D eigenvalue weighted by atomic mass is 15.1. The molecule has 0 aromatic rings. The Kier molecular flexibility index (Phi) is 11.2. The van der Waals surface area contributed by atoms with Crippen LogP contribution in [0.4, 0.5) is 0 Å². The first kappa shape index (κ1) is 21.9. The van der Waals surface area contributed by atoms with Crippen molar-refractivity contribution in [2.75, 3.05) is 60.4 Å². The summed E-state index contributed by atoms with van der Waals surface area (Å²) in [5.41, 5.74) is 0. The number of rotatable bonds is 0. The molecule has 144 valence electrons. The monoisotopic (exact) mass is 339 g/mol. The van der Waals surface area contributed by atoms with Crippen LogP contribution < -0.4 is 0 Å². The van der Waals surface area contributed by atoms with E-state index in [1.54, 1.807) is 0 Å². The highest BCUT2D eigenvalue weighted by Gasteiger charge is 2.18. The van der Waals surface area contributed by atoms with Gasteiger partial charge < -0.3 is 14.7 Å². The van der Waals surface area contributed by atoms with Crippen LogP contribution in [0.1, 0.15) is 59.3 Å². The van der Waals surface area contributed by atoms with E-state index in [0.717, 1.165) is 17.8 Å². The molecule has 0 aromatic heterocycles. The van der Waals surface area contributed by atoms with Gasteiger partial charge in [-0.15, -0.1) is 0 Å². The third-order valence-corrected chi connectivity index (χ3v) is 5.64. The normalized spacial score (nSPS) is 30.8. The zero-order valence-electron chi connectivity index (χ0n) is 17.6. The summed E-state index contributed by atoms with van der Waals surface area (Å²) in [6.45, 7) is 14.9. The summed E-state index contributed by atoms with van der Waals surface area (Å²) in [4.78, 5) is 7.22. The molecule has 3 aliphatic rings.